The summed E-state index contributed by atoms with van der Waals surface area (Å²) < 4.78 is 4.56. The van der Waals surface area contributed by atoms with E-state index in [2.05, 4.69) is 48.6 Å². The third kappa shape index (κ3) is 8.26. The standard InChI is InChI=1S/C9H12.C6H10O2/c1-2-6-9-7-4-3-5-8-9;1-4-8-6(7)5(2)3/h3-5,7-8H,2,6H2,1H3;2,4H2,1,3H3. The zero-order valence-electron chi connectivity index (χ0n) is 11.0. The van der Waals surface area contributed by atoms with Crippen molar-refractivity contribution in [2.75, 3.05) is 6.61 Å². The first kappa shape index (κ1) is 15.4. The molecule has 0 amide bonds. The SMILES string of the molecule is C=C(C)C(=O)OCC.CCCc1ccccc1. The van der Waals surface area contributed by atoms with Gasteiger partial charge in [0.15, 0.2) is 0 Å². The van der Waals surface area contributed by atoms with Gasteiger partial charge in [-0.05, 0) is 25.8 Å². The Morgan fingerprint density at radius 1 is 1.24 bits per heavy atom. The summed E-state index contributed by atoms with van der Waals surface area (Å²) >= 11 is 0. The molecule has 0 N–H and O–H groups in total. The summed E-state index contributed by atoms with van der Waals surface area (Å²) in [4.78, 5) is 10.4. The van der Waals surface area contributed by atoms with E-state index in [-0.39, 0.29) is 5.97 Å². The van der Waals surface area contributed by atoms with Gasteiger partial charge in [0, 0.05) is 5.57 Å². The molecule has 0 unspecified atom stereocenters. The van der Waals surface area contributed by atoms with E-state index in [0.717, 1.165) is 0 Å². The van der Waals surface area contributed by atoms with Gasteiger partial charge < -0.3 is 4.74 Å². The summed E-state index contributed by atoms with van der Waals surface area (Å²) in [5, 5.41) is 0. The second-order valence-electron chi connectivity index (χ2n) is 3.74. The minimum Gasteiger partial charge on any atom is -0.463 e. The van der Waals surface area contributed by atoms with Crippen molar-refractivity contribution < 1.29 is 9.53 Å². The Hall–Kier alpha value is -1.57. The van der Waals surface area contributed by atoms with E-state index in [1.807, 2.05) is 0 Å². The van der Waals surface area contributed by atoms with Crippen LogP contribution < -0.4 is 0 Å². The molecule has 94 valence electrons. The van der Waals surface area contributed by atoms with Crippen LogP contribution in [0.15, 0.2) is 42.5 Å². The zero-order chi connectivity index (χ0) is 13.1. The Morgan fingerprint density at radius 2 is 1.82 bits per heavy atom. The molecule has 2 nitrogen and oxygen atoms in total. The Bertz CT molecular complexity index is 328. The first-order valence-electron chi connectivity index (χ1n) is 5.98. The number of carbonyl (C=O) groups is 1. The molecule has 0 aliphatic heterocycles. The van der Waals surface area contributed by atoms with Crippen LogP contribution in [0.5, 0.6) is 0 Å². The van der Waals surface area contributed by atoms with Gasteiger partial charge in [-0.1, -0.05) is 50.3 Å². The number of hydrogen-bond donors (Lipinski definition) is 0. The lowest BCUT2D eigenvalue weighted by Gasteiger charge is -1.96. The highest BCUT2D eigenvalue weighted by Gasteiger charge is 1.98. The predicted octanol–water partition coefficient (Wildman–Crippen LogP) is 3.76. The lowest BCUT2D eigenvalue weighted by molar-refractivity contribution is -0.138. The average Bonchev–Trinajstić information content (AvgIpc) is 2.32. The van der Waals surface area contributed by atoms with Crippen molar-refractivity contribution in [2.45, 2.75) is 33.6 Å². The highest BCUT2D eigenvalue weighted by atomic mass is 16.5. The maximum absolute atomic E-state index is 10.4. The minimum absolute atomic E-state index is 0.312. The minimum atomic E-state index is -0.312. The van der Waals surface area contributed by atoms with Gasteiger partial charge in [0.1, 0.15) is 0 Å². The molecule has 0 radical (unpaired) electrons. The molecular formula is C15H22O2. The van der Waals surface area contributed by atoms with Crippen molar-refractivity contribution in [3.63, 3.8) is 0 Å². The van der Waals surface area contributed by atoms with Crippen LogP contribution in [0, 0.1) is 0 Å². The number of rotatable bonds is 4. The number of esters is 1. The fraction of sp³-hybridized carbons (Fsp3) is 0.400. The lowest BCUT2D eigenvalue weighted by atomic mass is 10.1. The van der Waals surface area contributed by atoms with E-state index in [4.69, 9.17) is 0 Å². The van der Waals surface area contributed by atoms with E-state index >= 15 is 0 Å². The Morgan fingerprint density at radius 3 is 2.18 bits per heavy atom. The summed E-state index contributed by atoms with van der Waals surface area (Å²) in [5.41, 5.74) is 1.90. The van der Waals surface area contributed by atoms with Crippen LogP contribution in [-0.4, -0.2) is 12.6 Å². The van der Waals surface area contributed by atoms with E-state index in [9.17, 15) is 4.79 Å². The molecule has 0 fully saturated rings. The van der Waals surface area contributed by atoms with Gasteiger partial charge in [0.05, 0.1) is 6.61 Å². The molecule has 1 aromatic rings. The van der Waals surface area contributed by atoms with Gasteiger partial charge >= 0.3 is 5.97 Å². The summed E-state index contributed by atoms with van der Waals surface area (Å²) in [6.07, 6.45) is 2.45. The van der Waals surface area contributed by atoms with Gasteiger partial charge in [0.25, 0.3) is 0 Å². The first-order chi connectivity index (χ1) is 8.11. The van der Waals surface area contributed by atoms with E-state index in [1.54, 1.807) is 13.8 Å². The molecule has 1 rings (SSSR count). The second-order valence-corrected chi connectivity index (χ2v) is 3.74. The zero-order valence-corrected chi connectivity index (χ0v) is 11.0. The molecule has 0 saturated carbocycles. The third-order valence-electron chi connectivity index (χ3n) is 2.01. The molecule has 0 bridgehead atoms. The van der Waals surface area contributed by atoms with Gasteiger partial charge in [-0.15, -0.1) is 0 Å². The largest absolute Gasteiger partial charge is 0.463 e. The fourth-order valence-corrected chi connectivity index (χ4v) is 1.19. The number of aryl methyl sites for hydroxylation is 1. The van der Waals surface area contributed by atoms with Crippen LogP contribution in [0.4, 0.5) is 0 Å². The van der Waals surface area contributed by atoms with Gasteiger partial charge in [0.2, 0.25) is 0 Å². The number of ether oxygens (including phenoxy) is 1. The summed E-state index contributed by atoms with van der Waals surface area (Å²) in [6.45, 7) is 9.41. The van der Waals surface area contributed by atoms with Crippen molar-refractivity contribution >= 4 is 5.97 Å². The van der Waals surface area contributed by atoms with Crippen LogP contribution in [0.25, 0.3) is 0 Å². The van der Waals surface area contributed by atoms with E-state index in [1.165, 1.54) is 18.4 Å². The maximum Gasteiger partial charge on any atom is 0.333 e. The van der Waals surface area contributed by atoms with Crippen LogP contribution >= 0.6 is 0 Å². The monoisotopic (exact) mass is 234 g/mol. The molecule has 0 aromatic heterocycles. The number of hydrogen-bond acceptors (Lipinski definition) is 2. The van der Waals surface area contributed by atoms with Gasteiger partial charge in [-0.25, -0.2) is 4.79 Å². The molecule has 0 spiro atoms. The quantitative estimate of drug-likeness (QED) is 0.585. The summed E-state index contributed by atoms with van der Waals surface area (Å²) in [5.74, 6) is -0.312. The molecule has 0 aliphatic rings. The van der Waals surface area contributed by atoms with Crippen LogP contribution in [0.1, 0.15) is 32.8 Å². The van der Waals surface area contributed by atoms with Crippen molar-refractivity contribution in [1.82, 2.24) is 0 Å². The van der Waals surface area contributed by atoms with Crippen LogP contribution in [-0.2, 0) is 16.0 Å². The van der Waals surface area contributed by atoms with Crippen molar-refractivity contribution in [2.24, 2.45) is 0 Å². The van der Waals surface area contributed by atoms with E-state index in [0.29, 0.717) is 12.2 Å². The van der Waals surface area contributed by atoms with Crippen LogP contribution in [0.3, 0.4) is 0 Å². The highest BCUT2D eigenvalue weighted by molar-refractivity contribution is 5.86. The molecule has 0 aliphatic carbocycles. The lowest BCUT2D eigenvalue weighted by Crippen LogP contribution is -2.03. The second kappa shape index (κ2) is 9.64. The third-order valence-corrected chi connectivity index (χ3v) is 2.01. The van der Waals surface area contributed by atoms with Crippen molar-refractivity contribution in [3.05, 3.63) is 48.0 Å². The Labute approximate surface area is 104 Å². The summed E-state index contributed by atoms with van der Waals surface area (Å²) in [7, 11) is 0. The van der Waals surface area contributed by atoms with E-state index < -0.39 is 0 Å². The molecule has 0 atom stereocenters. The number of carbonyl (C=O) groups excluding carboxylic acids is 1. The molecule has 2 heteroatoms. The molecule has 1 aromatic carbocycles. The van der Waals surface area contributed by atoms with Crippen molar-refractivity contribution in [3.8, 4) is 0 Å². The Kier molecular flexibility index (Phi) is 8.75. The molecule has 17 heavy (non-hydrogen) atoms. The first-order valence-corrected chi connectivity index (χ1v) is 5.98. The smallest absolute Gasteiger partial charge is 0.333 e. The molecule has 0 saturated heterocycles. The van der Waals surface area contributed by atoms with Crippen LogP contribution in [0.2, 0.25) is 0 Å². The fourth-order valence-electron chi connectivity index (χ4n) is 1.19. The van der Waals surface area contributed by atoms with Gasteiger partial charge in [-0.3, -0.25) is 0 Å². The normalized spacial score (nSPS) is 8.88. The molecule has 0 heterocycles. The maximum atomic E-state index is 10.4. The predicted molar refractivity (Wildman–Crippen MR) is 71.9 cm³/mol. The average molecular weight is 234 g/mol. The Balaban J connectivity index is 0.000000304. The number of benzene rings is 1. The topological polar surface area (TPSA) is 26.3 Å². The van der Waals surface area contributed by atoms with Gasteiger partial charge in [-0.2, -0.15) is 0 Å². The summed E-state index contributed by atoms with van der Waals surface area (Å²) in [6, 6.07) is 10.6. The van der Waals surface area contributed by atoms with Crippen molar-refractivity contribution in [1.29, 1.82) is 0 Å². The molecular weight excluding hydrogens is 212 g/mol. The highest BCUT2D eigenvalue weighted by Crippen LogP contribution is 2.00.